The molecular formula is C30H35NO7. The van der Waals surface area contributed by atoms with Crippen LogP contribution in [-0.2, 0) is 11.4 Å². The van der Waals surface area contributed by atoms with Crippen LogP contribution in [0.25, 0.3) is 0 Å². The fraction of sp³-hybridized carbons (Fsp3) is 0.367. The first-order valence-electron chi connectivity index (χ1n) is 12.7. The van der Waals surface area contributed by atoms with E-state index in [2.05, 4.69) is 0 Å². The molecule has 0 radical (unpaired) electrons. The van der Waals surface area contributed by atoms with Gasteiger partial charge in [0.05, 0.1) is 34.0 Å². The quantitative estimate of drug-likeness (QED) is 0.342. The average Bonchev–Trinajstić information content (AvgIpc) is 3.42. The van der Waals surface area contributed by atoms with Crippen LogP contribution in [0, 0.1) is 0 Å². The Hall–Kier alpha value is -3.91. The zero-order valence-electron chi connectivity index (χ0n) is 22.3. The second-order valence-electron chi connectivity index (χ2n) is 9.01. The minimum Gasteiger partial charge on any atom is -0.493 e. The van der Waals surface area contributed by atoms with E-state index in [4.69, 9.17) is 23.7 Å². The van der Waals surface area contributed by atoms with Gasteiger partial charge in [-0.3, -0.25) is 9.69 Å². The molecule has 3 aromatic carbocycles. The Kier molecular flexibility index (Phi) is 8.97. The minimum atomic E-state index is -0.840. The zero-order valence-corrected chi connectivity index (χ0v) is 22.3. The van der Waals surface area contributed by atoms with Gasteiger partial charge >= 0.3 is 5.97 Å². The highest BCUT2D eigenvalue weighted by Gasteiger charge is 2.38. The lowest BCUT2D eigenvalue weighted by molar-refractivity contribution is -0.142. The lowest BCUT2D eigenvalue weighted by Gasteiger charge is -2.33. The largest absolute Gasteiger partial charge is 0.493 e. The molecule has 4 rings (SSSR count). The number of ether oxygens (including phenoxy) is 5. The third-order valence-electron chi connectivity index (χ3n) is 6.73. The van der Waals surface area contributed by atoms with Crippen molar-refractivity contribution in [2.24, 2.45) is 0 Å². The Balaban J connectivity index is 1.79. The van der Waals surface area contributed by atoms with Gasteiger partial charge in [0, 0.05) is 6.54 Å². The summed E-state index contributed by atoms with van der Waals surface area (Å²) >= 11 is 0. The number of nitrogens with zero attached hydrogens (tertiary/aromatic N) is 1. The summed E-state index contributed by atoms with van der Waals surface area (Å²) in [5.41, 5.74) is 2.76. The fourth-order valence-electron chi connectivity index (χ4n) is 5.02. The second-order valence-corrected chi connectivity index (χ2v) is 9.01. The first kappa shape index (κ1) is 27.1. The molecule has 0 saturated carbocycles. The summed E-state index contributed by atoms with van der Waals surface area (Å²) in [6.07, 6.45) is 1.36. The van der Waals surface area contributed by atoms with Crippen molar-refractivity contribution in [2.45, 2.75) is 38.5 Å². The van der Waals surface area contributed by atoms with Gasteiger partial charge in [-0.25, -0.2) is 0 Å². The summed E-state index contributed by atoms with van der Waals surface area (Å²) in [6, 6.07) is 18.5. The maximum atomic E-state index is 12.2. The first-order valence-corrected chi connectivity index (χ1v) is 12.7. The van der Waals surface area contributed by atoms with E-state index in [1.54, 1.807) is 21.3 Å². The summed E-state index contributed by atoms with van der Waals surface area (Å²) in [5, 5.41) is 10.0. The van der Waals surface area contributed by atoms with Crippen molar-refractivity contribution < 1.29 is 33.6 Å². The maximum absolute atomic E-state index is 12.2. The number of rotatable bonds is 12. The number of benzene rings is 3. The van der Waals surface area contributed by atoms with Crippen LogP contribution in [0.1, 0.15) is 42.5 Å². The molecule has 1 aliphatic heterocycles. The molecule has 0 spiro atoms. The predicted molar refractivity (Wildman–Crippen MR) is 144 cm³/mol. The van der Waals surface area contributed by atoms with Crippen LogP contribution in [0.15, 0.2) is 60.7 Å². The van der Waals surface area contributed by atoms with Gasteiger partial charge in [-0.1, -0.05) is 36.4 Å². The van der Waals surface area contributed by atoms with Gasteiger partial charge in [0.1, 0.15) is 12.6 Å². The van der Waals surface area contributed by atoms with Gasteiger partial charge in [-0.05, 0) is 60.7 Å². The molecule has 1 saturated heterocycles. The molecule has 8 nitrogen and oxygen atoms in total. The van der Waals surface area contributed by atoms with Crippen molar-refractivity contribution in [1.29, 1.82) is 0 Å². The SMILES string of the molecule is CCOc1cc(C(c2cc(OC)c(OC)c(OC)c2)N2CCCC2C(=O)O)ccc1OCc1ccccc1. The molecular weight excluding hydrogens is 486 g/mol. The van der Waals surface area contributed by atoms with Crippen molar-refractivity contribution in [1.82, 2.24) is 4.90 Å². The van der Waals surface area contributed by atoms with E-state index in [-0.39, 0.29) is 0 Å². The molecule has 1 heterocycles. The van der Waals surface area contributed by atoms with Crippen LogP contribution in [0.4, 0.5) is 0 Å². The molecule has 1 fully saturated rings. The first-order chi connectivity index (χ1) is 18.5. The Morgan fingerprint density at radius 1 is 0.895 bits per heavy atom. The highest BCUT2D eigenvalue weighted by Crippen LogP contribution is 2.45. The minimum absolute atomic E-state index is 0.394. The van der Waals surface area contributed by atoms with E-state index in [1.807, 2.05) is 72.5 Å². The number of likely N-dealkylation sites (tertiary alicyclic amines) is 1. The highest BCUT2D eigenvalue weighted by atomic mass is 16.5. The van der Waals surface area contributed by atoms with Crippen molar-refractivity contribution >= 4 is 5.97 Å². The Bertz CT molecular complexity index is 1210. The third kappa shape index (κ3) is 5.81. The lowest BCUT2D eigenvalue weighted by Crippen LogP contribution is -2.39. The van der Waals surface area contributed by atoms with Crippen molar-refractivity contribution in [2.75, 3.05) is 34.5 Å². The van der Waals surface area contributed by atoms with Crippen molar-refractivity contribution in [3.8, 4) is 28.7 Å². The topological polar surface area (TPSA) is 86.7 Å². The molecule has 1 N–H and O–H groups in total. The predicted octanol–water partition coefficient (Wildman–Crippen LogP) is 5.33. The number of hydrogen-bond donors (Lipinski definition) is 1. The van der Waals surface area contributed by atoms with Crippen molar-refractivity contribution in [3.63, 3.8) is 0 Å². The standard InChI is InChI=1S/C30H35NO7/c1-5-37-25-16-21(13-14-24(25)38-19-20-10-7-6-8-11-20)28(31-15-9-12-23(31)30(32)33)22-17-26(34-2)29(36-4)27(18-22)35-3/h6-8,10-11,13-14,16-18,23,28H,5,9,12,15,19H2,1-4H3,(H,32,33). The Morgan fingerprint density at radius 2 is 1.58 bits per heavy atom. The molecule has 2 unspecified atom stereocenters. The maximum Gasteiger partial charge on any atom is 0.320 e. The van der Waals surface area contributed by atoms with E-state index in [0.717, 1.165) is 23.1 Å². The number of methoxy groups -OCH3 is 3. The zero-order chi connectivity index (χ0) is 27.1. The van der Waals surface area contributed by atoms with Gasteiger partial charge in [-0.2, -0.15) is 0 Å². The molecule has 2 atom stereocenters. The molecule has 202 valence electrons. The van der Waals surface area contributed by atoms with Crippen LogP contribution >= 0.6 is 0 Å². The summed E-state index contributed by atoms with van der Waals surface area (Å²) in [6.45, 7) is 3.42. The molecule has 0 aromatic heterocycles. The fourth-order valence-corrected chi connectivity index (χ4v) is 5.02. The molecule has 0 amide bonds. The number of carbonyl (C=O) groups is 1. The summed E-state index contributed by atoms with van der Waals surface area (Å²) in [4.78, 5) is 14.2. The van der Waals surface area contributed by atoms with E-state index in [0.29, 0.717) is 54.9 Å². The normalized spacial score (nSPS) is 16.1. The van der Waals surface area contributed by atoms with Gasteiger partial charge in [0.2, 0.25) is 5.75 Å². The number of carboxylic acid groups (broad SMARTS) is 1. The number of aliphatic carboxylic acids is 1. The van der Waals surface area contributed by atoms with Crippen LogP contribution in [0.5, 0.6) is 28.7 Å². The van der Waals surface area contributed by atoms with Gasteiger partial charge in [0.25, 0.3) is 0 Å². The van der Waals surface area contributed by atoms with Crippen molar-refractivity contribution in [3.05, 3.63) is 77.4 Å². The van der Waals surface area contributed by atoms with Crippen LogP contribution in [0.2, 0.25) is 0 Å². The van der Waals surface area contributed by atoms with Gasteiger partial charge in [0.15, 0.2) is 23.0 Å². The highest BCUT2D eigenvalue weighted by molar-refractivity contribution is 5.74. The van der Waals surface area contributed by atoms with Gasteiger partial charge < -0.3 is 28.8 Å². The van der Waals surface area contributed by atoms with E-state index >= 15 is 0 Å². The molecule has 3 aromatic rings. The van der Waals surface area contributed by atoms with Crippen LogP contribution < -0.4 is 23.7 Å². The second kappa shape index (κ2) is 12.6. The monoisotopic (exact) mass is 521 g/mol. The molecule has 1 aliphatic rings. The molecule has 0 bridgehead atoms. The smallest absolute Gasteiger partial charge is 0.320 e. The van der Waals surface area contributed by atoms with E-state index in [1.165, 1.54) is 0 Å². The average molecular weight is 522 g/mol. The lowest BCUT2D eigenvalue weighted by atomic mass is 9.95. The number of carboxylic acids is 1. The molecule has 8 heteroatoms. The number of hydrogen-bond acceptors (Lipinski definition) is 7. The molecule has 0 aliphatic carbocycles. The third-order valence-corrected chi connectivity index (χ3v) is 6.73. The summed E-state index contributed by atoms with van der Waals surface area (Å²) in [7, 11) is 4.69. The summed E-state index contributed by atoms with van der Waals surface area (Å²) < 4.78 is 28.8. The van der Waals surface area contributed by atoms with E-state index < -0.39 is 18.1 Å². The summed E-state index contributed by atoms with van der Waals surface area (Å²) in [5.74, 6) is 1.88. The van der Waals surface area contributed by atoms with E-state index in [9.17, 15) is 9.90 Å². The van der Waals surface area contributed by atoms with Crippen LogP contribution in [-0.4, -0.2) is 56.5 Å². The Morgan fingerprint density at radius 3 is 2.18 bits per heavy atom. The molecule has 38 heavy (non-hydrogen) atoms. The van der Waals surface area contributed by atoms with Crippen LogP contribution in [0.3, 0.4) is 0 Å². The van der Waals surface area contributed by atoms with Gasteiger partial charge in [-0.15, -0.1) is 0 Å². The Labute approximate surface area is 223 Å².